The summed E-state index contributed by atoms with van der Waals surface area (Å²) in [5.41, 5.74) is 6.96. The van der Waals surface area contributed by atoms with Gasteiger partial charge in [0.25, 0.3) is 0 Å². The van der Waals surface area contributed by atoms with E-state index in [2.05, 4.69) is 133 Å². The van der Waals surface area contributed by atoms with Crippen molar-refractivity contribution in [3.05, 3.63) is 133 Å². The molecule has 0 aliphatic heterocycles. The molecule has 9 aromatic rings. The lowest BCUT2D eigenvalue weighted by molar-refractivity contribution is 0.670. The molecule has 1 heteroatoms. The van der Waals surface area contributed by atoms with Crippen LogP contribution in [0.1, 0.15) is 0 Å². The first kappa shape index (κ1) is 20.9. The highest BCUT2D eigenvalue weighted by Gasteiger charge is 2.23. The maximum absolute atomic E-state index is 6.46. The van der Waals surface area contributed by atoms with Gasteiger partial charge in [0.15, 0.2) is 0 Å². The molecule has 0 fully saturated rings. The quantitative estimate of drug-likeness (QED) is 0.172. The molecular weight excluding hydrogens is 472 g/mol. The summed E-state index contributed by atoms with van der Waals surface area (Å²) in [6.07, 6.45) is 0. The zero-order valence-electron chi connectivity index (χ0n) is 21.1. The second-order valence-electron chi connectivity index (χ2n) is 10.4. The van der Waals surface area contributed by atoms with E-state index in [1.165, 1.54) is 76.1 Å². The number of rotatable bonds is 2. The van der Waals surface area contributed by atoms with Gasteiger partial charge in [-0.05, 0) is 78.2 Å². The van der Waals surface area contributed by atoms with Crippen molar-refractivity contribution in [1.82, 2.24) is 0 Å². The first-order chi connectivity index (χ1) is 19.4. The summed E-state index contributed by atoms with van der Waals surface area (Å²) in [7, 11) is 0. The number of benzene rings is 8. The van der Waals surface area contributed by atoms with Gasteiger partial charge in [-0.25, -0.2) is 0 Å². The van der Waals surface area contributed by atoms with Gasteiger partial charge in [0, 0.05) is 16.2 Å². The predicted molar refractivity (Wildman–Crippen MR) is 166 cm³/mol. The Morgan fingerprint density at radius 2 is 0.949 bits per heavy atom. The molecule has 0 unspecified atom stereocenters. The smallest absolute Gasteiger partial charge is 0.136 e. The Morgan fingerprint density at radius 3 is 1.67 bits per heavy atom. The summed E-state index contributed by atoms with van der Waals surface area (Å²) < 4.78 is 6.46. The molecule has 39 heavy (non-hydrogen) atoms. The van der Waals surface area contributed by atoms with Crippen LogP contribution in [0.3, 0.4) is 0 Å². The molecule has 0 bridgehead atoms. The molecule has 0 amide bonds. The standard InChI is InChI=1S/C38H22O/c1-2-11-23(12-3-1)34-27-16-6-8-18-29(27)36(30-19-9-7-17-28(30)34)31-21-25-14-10-20-32-35(25)38-33(39-32)22-24-13-4-5-15-26(24)37(31)38/h1-22H. The van der Waals surface area contributed by atoms with E-state index < -0.39 is 0 Å². The molecule has 0 N–H and O–H groups in total. The first-order valence-corrected chi connectivity index (χ1v) is 13.4. The largest absolute Gasteiger partial charge is 0.456 e. The summed E-state index contributed by atoms with van der Waals surface area (Å²) in [4.78, 5) is 0. The Kier molecular flexibility index (Phi) is 4.11. The molecule has 0 spiro atoms. The fourth-order valence-electron chi connectivity index (χ4n) is 6.83. The van der Waals surface area contributed by atoms with Gasteiger partial charge in [-0.15, -0.1) is 0 Å². The Balaban J connectivity index is 1.57. The zero-order chi connectivity index (χ0) is 25.5. The second-order valence-corrected chi connectivity index (χ2v) is 10.4. The highest BCUT2D eigenvalue weighted by Crippen LogP contribution is 2.50. The normalized spacial score (nSPS) is 12.1. The van der Waals surface area contributed by atoms with Crippen LogP contribution in [0.5, 0.6) is 0 Å². The maximum atomic E-state index is 6.46. The van der Waals surface area contributed by atoms with Crippen LogP contribution in [0.4, 0.5) is 0 Å². The molecule has 0 radical (unpaired) electrons. The first-order valence-electron chi connectivity index (χ1n) is 13.4. The summed E-state index contributed by atoms with van der Waals surface area (Å²) in [6.45, 7) is 0. The van der Waals surface area contributed by atoms with Gasteiger partial charge in [-0.1, -0.05) is 115 Å². The lowest BCUT2D eigenvalue weighted by Gasteiger charge is -2.20. The SMILES string of the molecule is c1ccc(-c2c3ccccc3c(-c3cc4cccc5oc6cc7ccccc7c3c6c45)c3ccccc23)cc1. The van der Waals surface area contributed by atoms with Crippen molar-refractivity contribution in [1.29, 1.82) is 0 Å². The third-order valence-electron chi connectivity index (χ3n) is 8.37. The average molecular weight is 495 g/mol. The summed E-state index contributed by atoms with van der Waals surface area (Å²) in [5, 5.41) is 12.4. The Labute approximate surface area is 224 Å². The molecule has 9 rings (SSSR count). The lowest BCUT2D eigenvalue weighted by Crippen LogP contribution is -1.92. The third kappa shape index (κ3) is 2.79. The fraction of sp³-hybridized carbons (Fsp3) is 0. The highest BCUT2D eigenvalue weighted by molar-refractivity contribution is 6.34. The van der Waals surface area contributed by atoms with Crippen molar-refractivity contribution in [3.8, 4) is 22.3 Å². The number of hydrogen-bond acceptors (Lipinski definition) is 1. The zero-order valence-corrected chi connectivity index (χ0v) is 21.1. The number of furan rings is 1. The molecule has 1 aromatic heterocycles. The van der Waals surface area contributed by atoms with E-state index in [0.29, 0.717) is 0 Å². The average Bonchev–Trinajstić information content (AvgIpc) is 3.37. The van der Waals surface area contributed by atoms with Crippen LogP contribution in [0.2, 0.25) is 0 Å². The third-order valence-corrected chi connectivity index (χ3v) is 8.37. The molecule has 0 atom stereocenters. The molecule has 0 aliphatic carbocycles. The monoisotopic (exact) mass is 494 g/mol. The predicted octanol–water partition coefficient (Wildman–Crippen LogP) is 11.0. The van der Waals surface area contributed by atoms with Crippen molar-refractivity contribution >= 4 is 65.0 Å². The minimum absolute atomic E-state index is 0.948. The van der Waals surface area contributed by atoms with Crippen LogP contribution in [0.15, 0.2) is 138 Å². The second kappa shape index (κ2) is 7.69. The van der Waals surface area contributed by atoms with E-state index in [1.807, 2.05) is 0 Å². The fourth-order valence-corrected chi connectivity index (χ4v) is 6.83. The van der Waals surface area contributed by atoms with Crippen molar-refractivity contribution in [2.45, 2.75) is 0 Å². The van der Waals surface area contributed by atoms with E-state index in [9.17, 15) is 0 Å². The summed E-state index contributed by atoms with van der Waals surface area (Å²) in [5.74, 6) is 0. The molecule has 0 aliphatic rings. The molecule has 0 saturated carbocycles. The van der Waals surface area contributed by atoms with E-state index in [-0.39, 0.29) is 0 Å². The molecule has 8 aromatic carbocycles. The van der Waals surface area contributed by atoms with Crippen LogP contribution in [0.25, 0.3) is 87.3 Å². The van der Waals surface area contributed by atoms with Gasteiger partial charge in [-0.2, -0.15) is 0 Å². The van der Waals surface area contributed by atoms with Crippen molar-refractivity contribution in [2.75, 3.05) is 0 Å². The van der Waals surface area contributed by atoms with E-state index in [0.717, 1.165) is 11.2 Å². The Morgan fingerprint density at radius 1 is 0.359 bits per heavy atom. The van der Waals surface area contributed by atoms with Crippen LogP contribution >= 0.6 is 0 Å². The van der Waals surface area contributed by atoms with Gasteiger partial charge >= 0.3 is 0 Å². The van der Waals surface area contributed by atoms with Gasteiger partial charge in [0.2, 0.25) is 0 Å². The number of fused-ring (bicyclic) bond motifs is 4. The van der Waals surface area contributed by atoms with E-state index in [4.69, 9.17) is 4.42 Å². The molecule has 1 nitrogen and oxygen atoms in total. The maximum Gasteiger partial charge on any atom is 0.136 e. The van der Waals surface area contributed by atoms with Crippen LogP contribution in [-0.4, -0.2) is 0 Å². The van der Waals surface area contributed by atoms with E-state index in [1.54, 1.807) is 0 Å². The number of hydrogen-bond donors (Lipinski definition) is 0. The van der Waals surface area contributed by atoms with Gasteiger partial charge in [0.1, 0.15) is 11.2 Å². The molecule has 1 heterocycles. The van der Waals surface area contributed by atoms with Crippen LogP contribution in [0, 0.1) is 0 Å². The van der Waals surface area contributed by atoms with Crippen molar-refractivity contribution in [3.63, 3.8) is 0 Å². The van der Waals surface area contributed by atoms with Crippen molar-refractivity contribution < 1.29 is 4.42 Å². The minimum atomic E-state index is 0.948. The molecular formula is C38H22O. The minimum Gasteiger partial charge on any atom is -0.456 e. The van der Waals surface area contributed by atoms with Gasteiger partial charge in [-0.3, -0.25) is 0 Å². The van der Waals surface area contributed by atoms with Gasteiger partial charge < -0.3 is 4.42 Å². The van der Waals surface area contributed by atoms with Gasteiger partial charge in [0.05, 0.1) is 0 Å². The summed E-state index contributed by atoms with van der Waals surface area (Å²) in [6, 6.07) is 48.3. The lowest BCUT2D eigenvalue weighted by atomic mass is 9.83. The topological polar surface area (TPSA) is 13.1 Å². The van der Waals surface area contributed by atoms with Crippen LogP contribution in [-0.2, 0) is 0 Å². The molecule has 180 valence electrons. The molecule has 0 saturated heterocycles. The van der Waals surface area contributed by atoms with E-state index >= 15 is 0 Å². The van der Waals surface area contributed by atoms with Crippen molar-refractivity contribution in [2.24, 2.45) is 0 Å². The summed E-state index contributed by atoms with van der Waals surface area (Å²) >= 11 is 0. The Bertz CT molecular complexity index is 2320. The Hall–Kier alpha value is -5.14. The highest BCUT2D eigenvalue weighted by atomic mass is 16.3. The van der Waals surface area contributed by atoms with Crippen LogP contribution < -0.4 is 0 Å².